The van der Waals surface area contributed by atoms with Gasteiger partial charge < -0.3 is 14.8 Å². The molecule has 0 aliphatic heterocycles. The molecule has 6 nitrogen and oxygen atoms in total. The minimum Gasteiger partial charge on any atom is -0.382 e. The van der Waals surface area contributed by atoms with Gasteiger partial charge in [0, 0.05) is 19.6 Å². The zero-order valence-corrected chi connectivity index (χ0v) is 12.8. The molecular weight excluding hydrogens is 280 g/mol. The Bertz CT molecular complexity index is 578. The number of methoxy groups -OCH3 is 1. The quantitative estimate of drug-likeness (QED) is 0.696. The minimum absolute atomic E-state index is 0.598. The Morgan fingerprint density at radius 3 is 2.68 bits per heavy atom. The van der Waals surface area contributed by atoms with Gasteiger partial charge in [-0.3, -0.25) is 5.10 Å². The summed E-state index contributed by atoms with van der Waals surface area (Å²) in [5.74, 6) is 2.28. The van der Waals surface area contributed by atoms with E-state index >= 15 is 0 Å². The van der Waals surface area contributed by atoms with Gasteiger partial charge in [0.15, 0.2) is 0 Å². The van der Waals surface area contributed by atoms with Crippen LogP contribution in [0.2, 0.25) is 0 Å². The van der Waals surface area contributed by atoms with Gasteiger partial charge in [-0.2, -0.15) is 4.98 Å². The first-order chi connectivity index (χ1) is 10.8. The van der Waals surface area contributed by atoms with E-state index < -0.39 is 0 Å². The molecule has 0 bridgehead atoms. The summed E-state index contributed by atoms with van der Waals surface area (Å²) in [6.07, 6.45) is 2.45. The van der Waals surface area contributed by atoms with E-state index in [0.717, 1.165) is 11.4 Å². The number of hydrogen-bond donors (Lipinski definition) is 2. The number of aromatic nitrogens is 3. The largest absolute Gasteiger partial charge is 0.382 e. The van der Waals surface area contributed by atoms with Crippen molar-refractivity contribution in [2.75, 3.05) is 25.6 Å². The number of benzene rings is 1. The van der Waals surface area contributed by atoms with E-state index in [1.54, 1.807) is 7.11 Å². The van der Waals surface area contributed by atoms with Crippen molar-refractivity contribution < 1.29 is 9.47 Å². The summed E-state index contributed by atoms with van der Waals surface area (Å²) in [5, 5.41) is 10.4. The first kappa shape index (κ1) is 15.0. The highest BCUT2D eigenvalue weighted by molar-refractivity contribution is 5.29. The fourth-order valence-corrected chi connectivity index (χ4v) is 2.16. The monoisotopic (exact) mass is 302 g/mol. The van der Waals surface area contributed by atoms with Crippen LogP contribution in [-0.2, 0) is 22.6 Å². The number of hydrogen-bond acceptors (Lipinski definition) is 5. The molecule has 1 saturated carbocycles. The Morgan fingerprint density at radius 2 is 1.95 bits per heavy atom. The van der Waals surface area contributed by atoms with Gasteiger partial charge in [-0.1, -0.05) is 24.3 Å². The maximum Gasteiger partial charge on any atom is 0.242 e. The number of anilines is 1. The van der Waals surface area contributed by atoms with Crippen molar-refractivity contribution in [2.45, 2.75) is 31.9 Å². The topological polar surface area (TPSA) is 72.1 Å². The fraction of sp³-hybridized carbons (Fsp3) is 0.500. The van der Waals surface area contributed by atoms with E-state index in [4.69, 9.17) is 9.47 Å². The lowest BCUT2D eigenvalue weighted by Gasteiger charge is -2.06. The second kappa shape index (κ2) is 7.38. The molecule has 1 aliphatic carbocycles. The molecule has 3 rings (SSSR count). The molecule has 1 fully saturated rings. The van der Waals surface area contributed by atoms with E-state index in [-0.39, 0.29) is 0 Å². The van der Waals surface area contributed by atoms with Crippen LogP contribution in [0.4, 0.5) is 5.95 Å². The van der Waals surface area contributed by atoms with Crippen LogP contribution in [0.5, 0.6) is 0 Å². The summed E-state index contributed by atoms with van der Waals surface area (Å²) >= 11 is 0. The number of aromatic amines is 1. The van der Waals surface area contributed by atoms with Crippen LogP contribution >= 0.6 is 0 Å². The molecule has 0 atom stereocenters. The maximum absolute atomic E-state index is 5.50. The SMILES string of the molecule is COCCOCc1ccc(CNc2n[nH]c(C3CC3)n2)cc1. The standard InChI is InChI=1S/C16H22N4O2/c1-21-8-9-22-11-13-4-2-12(3-5-13)10-17-16-18-15(19-20-16)14-6-7-14/h2-5,14H,6-11H2,1H3,(H2,17,18,19,20). The van der Waals surface area contributed by atoms with Crippen LogP contribution in [0.3, 0.4) is 0 Å². The van der Waals surface area contributed by atoms with Crippen LogP contribution in [0.25, 0.3) is 0 Å². The molecule has 6 heteroatoms. The first-order valence-electron chi connectivity index (χ1n) is 7.66. The van der Waals surface area contributed by atoms with E-state index in [2.05, 4.69) is 44.8 Å². The second-order valence-electron chi connectivity index (χ2n) is 5.53. The molecule has 0 spiro atoms. The lowest BCUT2D eigenvalue weighted by Crippen LogP contribution is -2.03. The maximum atomic E-state index is 5.50. The third-order valence-corrected chi connectivity index (χ3v) is 3.64. The zero-order chi connectivity index (χ0) is 15.2. The third kappa shape index (κ3) is 4.29. The Balaban J connectivity index is 1.43. The van der Waals surface area contributed by atoms with Crippen molar-refractivity contribution in [2.24, 2.45) is 0 Å². The Hall–Kier alpha value is -1.92. The van der Waals surface area contributed by atoms with Crippen molar-refractivity contribution in [1.29, 1.82) is 0 Å². The van der Waals surface area contributed by atoms with Gasteiger partial charge in [0.25, 0.3) is 0 Å². The fourth-order valence-electron chi connectivity index (χ4n) is 2.16. The summed E-state index contributed by atoms with van der Waals surface area (Å²) in [7, 11) is 1.67. The molecule has 0 saturated heterocycles. The average molecular weight is 302 g/mol. The molecule has 0 radical (unpaired) electrons. The average Bonchev–Trinajstić information content (AvgIpc) is 3.30. The molecule has 1 aromatic heterocycles. The highest BCUT2D eigenvalue weighted by atomic mass is 16.5. The Morgan fingerprint density at radius 1 is 1.18 bits per heavy atom. The van der Waals surface area contributed by atoms with Gasteiger partial charge in [0.05, 0.1) is 19.8 Å². The van der Waals surface area contributed by atoms with Crippen molar-refractivity contribution in [3.8, 4) is 0 Å². The predicted molar refractivity (Wildman–Crippen MR) is 83.7 cm³/mol. The van der Waals surface area contributed by atoms with Crippen LogP contribution in [0, 0.1) is 0 Å². The first-order valence-corrected chi connectivity index (χ1v) is 7.66. The normalized spacial score (nSPS) is 14.2. The third-order valence-electron chi connectivity index (χ3n) is 3.64. The Kier molecular flexibility index (Phi) is 5.03. The molecule has 1 aliphatic rings. The van der Waals surface area contributed by atoms with E-state index in [9.17, 15) is 0 Å². The zero-order valence-electron chi connectivity index (χ0n) is 12.8. The molecule has 1 aromatic carbocycles. The number of rotatable bonds is 9. The van der Waals surface area contributed by atoms with Crippen LogP contribution in [-0.4, -0.2) is 35.5 Å². The van der Waals surface area contributed by atoms with Gasteiger partial charge in [0.1, 0.15) is 5.82 Å². The highest BCUT2D eigenvalue weighted by Gasteiger charge is 2.27. The van der Waals surface area contributed by atoms with Crippen LogP contribution in [0.1, 0.15) is 35.7 Å². The molecule has 0 unspecified atom stereocenters. The molecule has 118 valence electrons. The lowest BCUT2D eigenvalue weighted by molar-refractivity contribution is 0.0616. The Labute approximate surface area is 130 Å². The molecule has 1 heterocycles. The van der Waals surface area contributed by atoms with Gasteiger partial charge >= 0.3 is 0 Å². The molecule has 2 N–H and O–H groups in total. The van der Waals surface area contributed by atoms with E-state index in [1.807, 2.05) is 0 Å². The van der Waals surface area contributed by atoms with Crippen LogP contribution in [0.15, 0.2) is 24.3 Å². The van der Waals surface area contributed by atoms with Gasteiger partial charge in [-0.05, 0) is 24.0 Å². The van der Waals surface area contributed by atoms with Gasteiger partial charge in [0.2, 0.25) is 5.95 Å². The van der Waals surface area contributed by atoms with Crippen molar-refractivity contribution >= 4 is 5.95 Å². The molecule has 0 amide bonds. The molecular formula is C16H22N4O2. The van der Waals surface area contributed by atoms with Crippen molar-refractivity contribution in [1.82, 2.24) is 15.2 Å². The predicted octanol–water partition coefficient (Wildman–Crippen LogP) is 2.46. The van der Waals surface area contributed by atoms with Crippen molar-refractivity contribution in [3.05, 3.63) is 41.2 Å². The van der Waals surface area contributed by atoms with E-state index in [0.29, 0.717) is 38.2 Å². The highest BCUT2D eigenvalue weighted by Crippen LogP contribution is 2.38. The van der Waals surface area contributed by atoms with E-state index in [1.165, 1.54) is 18.4 Å². The van der Waals surface area contributed by atoms with Crippen molar-refractivity contribution in [3.63, 3.8) is 0 Å². The van der Waals surface area contributed by atoms with Crippen LogP contribution < -0.4 is 5.32 Å². The number of ether oxygens (including phenoxy) is 2. The second-order valence-corrected chi connectivity index (χ2v) is 5.53. The van der Waals surface area contributed by atoms with Gasteiger partial charge in [-0.25, -0.2) is 0 Å². The summed E-state index contributed by atoms with van der Waals surface area (Å²) in [6, 6.07) is 8.35. The van der Waals surface area contributed by atoms with Gasteiger partial charge in [-0.15, -0.1) is 5.10 Å². The number of nitrogens with one attached hydrogen (secondary N) is 2. The summed E-state index contributed by atoms with van der Waals surface area (Å²) in [5.41, 5.74) is 2.35. The molecule has 22 heavy (non-hydrogen) atoms. The summed E-state index contributed by atoms with van der Waals surface area (Å²) < 4.78 is 10.4. The minimum atomic E-state index is 0.598. The smallest absolute Gasteiger partial charge is 0.242 e. The summed E-state index contributed by atoms with van der Waals surface area (Å²) in [4.78, 5) is 4.45. The number of H-pyrrole nitrogens is 1. The lowest BCUT2D eigenvalue weighted by atomic mass is 10.1. The molecule has 2 aromatic rings. The summed E-state index contributed by atoms with van der Waals surface area (Å²) in [6.45, 7) is 2.57. The number of nitrogens with zero attached hydrogens (tertiary/aromatic N) is 2.